The van der Waals surface area contributed by atoms with Gasteiger partial charge in [0.25, 0.3) is 0 Å². The van der Waals surface area contributed by atoms with E-state index in [-0.39, 0.29) is 56.4 Å². The Morgan fingerprint density at radius 2 is 0.906 bits per heavy atom. The molecule has 0 nitrogen and oxygen atoms in total. The van der Waals surface area contributed by atoms with Crippen molar-refractivity contribution in [3.63, 3.8) is 0 Å². The van der Waals surface area contributed by atoms with Gasteiger partial charge in [-0.25, -0.2) is 0 Å². The van der Waals surface area contributed by atoms with E-state index in [1.165, 1.54) is 21.5 Å². The zero-order valence-corrected chi connectivity index (χ0v) is 26.5. The van der Waals surface area contributed by atoms with Crippen LogP contribution in [0.3, 0.4) is 0 Å². The molecule has 0 heterocycles. The summed E-state index contributed by atoms with van der Waals surface area (Å²) in [5.74, 6) is 0. The maximum Gasteiger partial charge on any atom is 4.00 e. The third kappa shape index (κ3) is 4.98. The summed E-state index contributed by atoms with van der Waals surface area (Å²) in [5.41, 5.74) is 3.09. The molecule has 4 aromatic carbocycles. The van der Waals surface area contributed by atoms with Gasteiger partial charge in [-0.05, 0) is 5.41 Å². The Morgan fingerprint density at radius 1 is 0.594 bits per heavy atom. The second kappa shape index (κ2) is 10.0. The molecule has 4 aromatic rings. The Balaban J connectivity index is 0.00000171. The van der Waals surface area contributed by atoms with Gasteiger partial charge >= 0.3 is 26.2 Å². The average molecular weight is 577 g/mol. The number of halogens is 2. The summed E-state index contributed by atoms with van der Waals surface area (Å²) in [6, 6.07) is 23.0. The molecule has 4 rings (SSSR count). The molecule has 0 atom stereocenters. The largest absolute Gasteiger partial charge is 4.00 e. The predicted molar refractivity (Wildman–Crippen MR) is 137 cm³/mol. The van der Waals surface area contributed by atoms with E-state index in [1.54, 1.807) is 21.5 Å². The molecule has 0 aliphatic rings. The van der Waals surface area contributed by atoms with Crippen molar-refractivity contribution in [2.45, 2.75) is 58.5 Å². The fourth-order valence-corrected chi connectivity index (χ4v) is 9.65. The molecule has 0 spiro atoms. The normalized spacial score (nSPS) is 12.2. The van der Waals surface area contributed by atoms with E-state index < -0.39 is 16.1 Å². The molecule has 5 heteroatoms. The smallest absolute Gasteiger partial charge is 1.00 e. The van der Waals surface area contributed by atoms with E-state index in [2.05, 4.69) is 114 Å². The van der Waals surface area contributed by atoms with Crippen molar-refractivity contribution < 1.29 is 51.0 Å². The number of hydrogen-bond acceptors (Lipinski definition) is 0. The van der Waals surface area contributed by atoms with Gasteiger partial charge in [-0.3, -0.25) is 0 Å². The first-order chi connectivity index (χ1) is 13.4. The molecule has 0 aliphatic carbocycles. The Kier molecular flexibility index (Phi) is 9.29. The maximum absolute atomic E-state index is 2.50. The van der Waals surface area contributed by atoms with Crippen molar-refractivity contribution in [2.75, 3.05) is 0 Å². The van der Waals surface area contributed by atoms with Crippen molar-refractivity contribution in [3.05, 3.63) is 71.8 Å². The zero-order chi connectivity index (χ0) is 21.2. The fraction of sp³-hybridized carbons (Fsp3) is 0.333. The molecule has 32 heavy (non-hydrogen) atoms. The van der Waals surface area contributed by atoms with E-state index in [4.69, 9.17) is 0 Å². The van der Waals surface area contributed by atoms with Crippen LogP contribution in [0.15, 0.2) is 60.7 Å². The first-order valence-electron chi connectivity index (χ1n) is 10.8. The molecule has 0 saturated carbocycles. The fourth-order valence-electron chi connectivity index (χ4n) is 5.19. The van der Waals surface area contributed by atoms with Gasteiger partial charge in [0.2, 0.25) is 0 Å². The molecule has 168 valence electrons. The van der Waals surface area contributed by atoms with Crippen LogP contribution in [0, 0.1) is 0 Å². The molecular weight excluding hydrogens is 543 g/mol. The van der Waals surface area contributed by atoms with Crippen LogP contribution in [0.25, 0.3) is 21.5 Å². The molecule has 0 bridgehead atoms. The summed E-state index contributed by atoms with van der Waals surface area (Å²) < 4.78 is 0. The third-order valence-electron chi connectivity index (χ3n) is 6.45. The van der Waals surface area contributed by atoms with Crippen LogP contribution in [0.2, 0.25) is 39.3 Å². The van der Waals surface area contributed by atoms with Crippen LogP contribution in [-0.4, -0.2) is 16.1 Å². The minimum atomic E-state index is -1.52. The van der Waals surface area contributed by atoms with Crippen LogP contribution in [0.1, 0.15) is 25.0 Å². The van der Waals surface area contributed by atoms with E-state index >= 15 is 0 Å². The van der Waals surface area contributed by atoms with Gasteiger partial charge in [0.05, 0.1) is 0 Å². The number of hydrogen-bond donors (Lipinski definition) is 0. The topological polar surface area (TPSA) is 0 Å². The van der Waals surface area contributed by atoms with Crippen LogP contribution in [0.4, 0.5) is 0 Å². The Bertz CT molecular complexity index is 1110. The van der Waals surface area contributed by atoms with Crippen LogP contribution < -0.4 is 35.2 Å². The summed E-state index contributed by atoms with van der Waals surface area (Å²) in [6.45, 7) is 19.9. The van der Waals surface area contributed by atoms with Crippen molar-refractivity contribution >= 4 is 48.1 Å². The van der Waals surface area contributed by atoms with Gasteiger partial charge in [0.1, 0.15) is 0 Å². The molecule has 0 N–H and O–H groups in total. The molecule has 0 radical (unpaired) electrons. The minimum absolute atomic E-state index is 0. The van der Waals surface area contributed by atoms with Crippen LogP contribution >= 0.6 is 0 Å². The summed E-state index contributed by atoms with van der Waals surface area (Å²) >= 11 is 0. The van der Waals surface area contributed by atoms with E-state index in [9.17, 15) is 0 Å². The van der Waals surface area contributed by atoms with Gasteiger partial charge in [-0.2, -0.15) is 10.4 Å². The molecule has 0 unspecified atom stereocenters. The van der Waals surface area contributed by atoms with Gasteiger partial charge < -0.3 is 24.8 Å². The summed E-state index contributed by atoms with van der Waals surface area (Å²) in [4.78, 5) is 0. The summed E-state index contributed by atoms with van der Waals surface area (Å²) in [6.07, 6.45) is 0. The Hall–Kier alpha value is -0.443. The molecule has 0 aliphatic heterocycles. The number of fused-ring (bicyclic) bond motifs is 2. The first kappa shape index (κ1) is 29.6. The van der Waals surface area contributed by atoms with Crippen molar-refractivity contribution in [3.8, 4) is 0 Å². The van der Waals surface area contributed by atoms with Crippen molar-refractivity contribution in [2.24, 2.45) is 0 Å². The second-order valence-electron chi connectivity index (χ2n) is 11.2. The predicted octanol–water partition coefficient (Wildman–Crippen LogP) is 0.853. The van der Waals surface area contributed by atoms with Gasteiger partial charge in [0.15, 0.2) is 0 Å². The first-order valence-corrected chi connectivity index (χ1v) is 17.8. The number of benzene rings is 2. The summed E-state index contributed by atoms with van der Waals surface area (Å²) in [7, 11) is -3.05. The maximum atomic E-state index is 2.50. The van der Waals surface area contributed by atoms with Gasteiger partial charge in [-0.15, -0.1) is 81.2 Å². The van der Waals surface area contributed by atoms with E-state index in [0.29, 0.717) is 0 Å². The van der Waals surface area contributed by atoms with E-state index in [1.807, 2.05) is 0 Å². The molecule has 0 saturated heterocycles. The van der Waals surface area contributed by atoms with Gasteiger partial charge in [0, 0.05) is 16.1 Å². The monoisotopic (exact) mass is 574 g/mol. The van der Waals surface area contributed by atoms with Crippen molar-refractivity contribution in [1.82, 2.24) is 0 Å². The van der Waals surface area contributed by atoms with Crippen molar-refractivity contribution in [1.29, 1.82) is 0 Å². The second-order valence-corrected chi connectivity index (χ2v) is 21.2. The standard InChI is InChI=1S/C27H34Si2.2ClH.Zr/c1-27(2,23-17-19-13-9-11-15-21(19)25(23)28(3,4)5)24-18-20-14-10-12-16-22(20)26(24)29(6,7)8;;;/h9-18H,1-8H3;2*1H;/q-2;;;+4/p-2. The van der Waals surface area contributed by atoms with E-state index in [0.717, 1.165) is 0 Å². The Labute approximate surface area is 227 Å². The molecule has 0 aromatic heterocycles. The third-order valence-corrected chi connectivity index (χ3v) is 10.5. The summed E-state index contributed by atoms with van der Waals surface area (Å²) in [5, 5.41) is 9.04. The molecular formula is C27H34Cl2Si2Zr. The van der Waals surface area contributed by atoms with Crippen LogP contribution in [-0.2, 0) is 31.6 Å². The van der Waals surface area contributed by atoms with Gasteiger partial charge in [-0.1, -0.05) is 65.3 Å². The molecule has 0 amide bonds. The zero-order valence-electron chi connectivity index (χ0n) is 20.5. The minimum Gasteiger partial charge on any atom is -1.00 e. The average Bonchev–Trinajstić information content (AvgIpc) is 3.20. The number of rotatable bonds is 4. The SMILES string of the molecule is CC(C)(c1[cH-]c2ccccc2c1[Si](C)(C)C)c1[cH-]c2ccccc2c1[Si](C)(C)C.[Cl-].[Cl-].[Zr+4]. The quantitative estimate of drug-likeness (QED) is 0.250. The Morgan fingerprint density at radius 3 is 1.22 bits per heavy atom. The van der Waals surface area contributed by atoms with Crippen LogP contribution in [0.5, 0.6) is 0 Å². The molecule has 0 fully saturated rings.